The Morgan fingerprint density at radius 2 is 1.68 bits per heavy atom. The Bertz CT molecular complexity index is 822. The van der Waals surface area contributed by atoms with Crippen LogP contribution in [0.15, 0.2) is 48.5 Å². The highest BCUT2D eigenvalue weighted by molar-refractivity contribution is 7.80. The molecule has 2 aromatic rings. The molecule has 0 saturated heterocycles. The van der Waals surface area contributed by atoms with Gasteiger partial charge in [-0.15, -0.1) is 0 Å². The van der Waals surface area contributed by atoms with Crippen LogP contribution in [0.1, 0.15) is 43.5 Å². The van der Waals surface area contributed by atoms with Gasteiger partial charge in [0.2, 0.25) is 5.91 Å². The summed E-state index contributed by atoms with van der Waals surface area (Å²) < 4.78 is 5.63. The molecule has 2 amide bonds. The summed E-state index contributed by atoms with van der Waals surface area (Å²) in [6.45, 7) is 4.51. The number of hydrogen-bond acceptors (Lipinski definition) is 4. The monoisotopic (exact) mass is 399 g/mol. The summed E-state index contributed by atoms with van der Waals surface area (Å²) in [6.07, 6.45) is 2.43. The predicted molar refractivity (Wildman–Crippen MR) is 116 cm³/mol. The molecular formula is C21H25N3O3S. The van der Waals surface area contributed by atoms with Crippen LogP contribution < -0.4 is 20.7 Å². The third-order valence-electron chi connectivity index (χ3n) is 3.84. The first kappa shape index (κ1) is 21.4. The van der Waals surface area contributed by atoms with Crippen molar-refractivity contribution in [2.75, 3.05) is 17.2 Å². The quantitative estimate of drug-likeness (QED) is 0.454. The molecule has 28 heavy (non-hydrogen) atoms. The van der Waals surface area contributed by atoms with E-state index in [1.165, 1.54) is 0 Å². The van der Waals surface area contributed by atoms with Gasteiger partial charge < -0.3 is 15.4 Å². The van der Waals surface area contributed by atoms with Crippen LogP contribution in [0.2, 0.25) is 0 Å². The number of anilines is 2. The maximum absolute atomic E-state index is 12.4. The SMILES string of the molecule is CCCCOc1cccc(C(=O)NC(=S)Nc2ccc(NC(=O)CC)cc2)c1. The number of amides is 2. The zero-order valence-corrected chi connectivity index (χ0v) is 16.9. The molecule has 2 rings (SSSR count). The summed E-state index contributed by atoms with van der Waals surface area (Å²) in [6, 6.07) is 14.1. The smallest absolute Gasteiger partial charge is 0.257 e. The Balaban J connectivity index is 1.89. The van der Waals surface area contributed by atoms with Crippen molar-refractivity contribution < 1.29 is 14.3 Å². The molecule has 7 heteroatoms. The van der Waals surface area contributed by atoms with Crippen molar-refractivity contribution in [2.45, 2.75) is 33.1 Å². The average Bonchev–Trinajstić information content (AvgIpc) is 2.69. The maximum Gasteiger partial charge on any atom is 0.257 e. The van der Waals surface area contributed by atoms with Crippen LogP contribution in [0.4, 0.5) is 11.4 Å². The van der Waals surface area contributed by atoms with Crippen molar-refractivity contribution >= 4 is 40.5 Å². The Labute approximate surface area is 170 Å². The van der Waals surface area contributed by atoms with Gasteiger partial charge in [0.05, 0.1) is 6.61 Å². The molecule has 0 bridgehead atoms. The zero-order valence-electron chi connectivity index (χ0n) is 16.1. The van der Waals surface area contributed by atoms with E-state index >= 15 is 0 Å². The lowest BCUT2D eigenvalue weighted by molar-refractivity contribution is -0.115. The third-order valence-corrected chi connectivity index (χ3v) is 4.04. The van der Waals surface area contributed by atoms with Crippen LogP contribution in [0.25, 0.3) is 0 Å². The van der Waals surface area contributed by atoms with Crippen molar-refractivity contribution in [1.29, 1.82) is 0 Å². The van der Waals surface area contributed by atoms with Gasteiger partial charge in [-0.3, -0.25) is 14.9 Å². The minimum absolute atomic E-state index is 0.0515. The number of rotatable bonds is 8. The number of ether oxygens (including phenoxy) is 1. The molecule has 0 spiro atoms. The summed E-state index contributed by atoms with van der Waals surface area (Å²) >= 11 is 5.21. The molecule has 0 radical (unpaired) electrons. The Hall–Kier alpha value is -2.93. The Morgan fingerprint density at radius 1 is 1.00 bits per heavy atom. The second-order valence-corrected chi connectivity index (χ2v) is 6.53. The van der Waals surface area contributed by atoms with Crippen LogP contribution in [-0.4, -0.2) is 23.5 Å². The lowest BCUT2D eigenvalue weighted by Gasteiger charge is -2.11. The van der Waals surface area contributed by atoms with E-state index in [1.54, 1.807) is 49.4 Å². The fourth-order valence-corrected chi connectivity index (χ4v) is 2.50. The standard InChI is InChI=1S/C21H25N3O3S/c1-3-5-13-27-18-8-6-7-15(14-18)20(26)24-21(28)23-17-11-9-16(10-12-17)22-19(25)4-2/h6-12,14H,3-5,13H2,1-2H3,(H,22,25)(H2,23,24,26,28). The number of nitrogens with one attached hydrogen (secondary N) is 3. The maximum atomic E-state index is 12.4. The third kappa shape index (κ3) is 7.00. The van der Waals surface area contributed by atoms with Gasteiger partial charge >= 0.3 is 0 Å². The fourth-order valence-electron chi connectivity index (χ4n) is 2.29. The van der Waals surface area contributed by atoms with Gasteiger partial charge in [0.25, 0.3) is 5.91 Å². The minimum Gasteiger partial charge on any atom is -0.494 e. The fraction of sp³-hybridized carbons (Fsp3) is 0.286. The van der Waals surface area contributed by atoms with Gasteiger partial charge in [-0.2, -0.15) is 0 Å². The largest absolute Gasteiger partial charge is 0.494 e. The first-order valence-corrected chi connectivity index (χ1v) is 9.67. The number of thiocarbonyl (C=S) groups is 1. The number of unbranched alkanes of at least 4 members (excludes halogenated alkanes) is 1. The van der Waals surface area contributed by atoms with E-state index < -0.39 is 0 Å². The molecule has 0 heterocycles. The molecule has 0 aliphatic carbocycles. The molecule has 148 valence electrons. The average molecular weight is 400 g/mol. The van der Waals surface area contributed by atoms with E-state index in [0.29, 0.717) is 35.7 Å². The summed E-state index contributed by atoms with van der Waals surface area (Å²) in [5, 5.41) is 8.56. The Kier molecular flexibility index (Phi) is 8.42. The van der Waals surface area contributed by atoms with Crippen LogP contribution >= 0.6 is 12.2 Å². The predicted octanol–water partition coefficient (Wildman–Crippen LogP) is 4.34. The molecule has 0 aliphatic rings. The highest BCUT2D eigenvalue weighted by atomic mass is 32.1. The molecule has 0 aliphatic heterocycles. The van der Waals surface area contributed by atoms with E-state index in [-0.39, 0.29) is 16.9 Å². The zero-order chi connectivity index (χ0) is 20.4. The Morgan fingerprint density at radius 3 is 2.32 bits per heavy atom. The van der Waals surface area contributed by atoms with Gasteiger partial charge in [-0.1, -0.05) is 26.3 Å². The van der Waals surface area contributed by atoms with Crippen LogP contribution in [0, 0.1) is 0 Å². The summed E-state index contributed by atoms with van der Waals surface area (Å²) in [4.78, 5) is 23.8. The van der Waals surface area contributed by atoms with Gasteiger partial charge in [-0.25, -0.2) is 0 Å². The molecule has 0 atom stereocenters. The van der Waals surface area contributed by atoms with Gasteiger partial charge in [0.15, 0.2) is 5.11 Å². The normalized spacial score (nSPS) is 10.1. The highest BCUT2D eigenvalue weighted by Gasteiger charge is 2.09. The van der Waals surface area contributed by atoms with Crippen LogP contribution in [-0.2, 0) is 4.79 Å². The molecule has 0 unspecified atom stereocenters. The molecule has 0 fully saturated rings. The number of hydrogen-bond donors (Lipinski definition) is 3. The van der Waals surface area contributed by atoms with Crippen molar-refractivity contribution in [3.63, 3.8) is 0 Å². The second-order valence-electron chi connectivity index (χ2n) is 6.12. The van der Waals surface area contributed by atoms with Crippen molar-refractivity contribution in [2.24, 2.45) is 0 Å². The summed E-state index contributed by atoms with van der Waals surface area (Å²) in [5.74, 6) is 0.291. The second kappa shape index (κ2) is 11.0. The van der Waals surface area contributed by atoms with Crippen molar-refractivity contribution in [3.8, 4) is 5.75 Å². The van der Waals surface area contributed by atoms with Gasteiger partial charge in [0, 0.05) is 23.4 Å². The molecule has 0 aromatic heterocycles. The van der Waals surface area contributed by atoms with Gasteiger partial charge in [0.1, 0.15) is 5.75 Å². The summed E-state index contributed by atoms with van der Waals surface area (Å²) in [7, 11) is 0. The van der Waals surface area contributed by atoms with E-state index in [0.717, 1.165) is 12.8 Å². The highest BCUT2D eigenvalue weighted by Crippen LogP contribution is 2.15. The molecular weight excluding hydrogens is 374 g/mol. The number of carbonyl (C=O) groups excluding carboxylic acids is 2. The first-order chi connectivity index (χ1) is 13.5. The number of carbonyl (C=O) groups is 2. The topological polar surface area (TPSA) is 79.5 Å². The van der Waals surface area contributed by atoms with E-state index in [4.69, 9.17) is 17.0 Å². The van der Waals surface area contributed by atoms with E-state index in [9.17, 15) is 9.59 Å². The van der Waals surface area contributed by atoms with E-state index in [2.05, 4.69) is 22.9 Å². The lowest BCUT2D eigenvalue weighted by atomic mass is 10.2. The summed E-state index contributed by atoms with van der Waals surface area (Å²) in [5.41, 5.74) is 1.87. The van der Waals surface area contributed by atoms with Crippen LogP contribution in [0.3, 0.4) is 0 Å². The number of benzene rings is 2. The molecule has 0 saturated carbocycles. The first-order valence-electron chi connectivity index (χ1n) is 9.27. The van der Waals surface area contributed by atoms with E-state index in [1.807, 2.05) is 6.07 Å². The van der Waals surface area contributed by atoms with Crippen LogP contribution in [0.5, 0.6) is 5.75 Å². The lowest BCUT2D eigenvalue weighted by Crippen LogP contribution is -2.34. The molecule has 2 aromatic carbocycles. The minimum atomic E-state index is -0.315. The van der Waals surface area contributed by atoms with Crippen molar-refractivity contribution in [1.82, 2.24) is 5.32 Å². The van der Waals surface area contributed by atoms with Crippen molar-refractivity contribution in [3.05, 3.63) is 54.1 Å². The molecule has 3 N–H and O–H groups in total. The molecule has 6 nitrogen and oxygen atoms in total. The van der Waals surface area contributed by atoms with Gasteiger partial charge in [-0.05, 0) is 61.1 Å².